The molecule has 234 valence electrons. The van der Waals surface area contributed by atoms with Crippen LogP contribution in [0.25, 0.3) is 10.9 Å². The molecule has 0 spiro atoms. The van der Waals surface area contributed by atoms with Crippen LogP contribution >= 0.6 is 7.82 Å². The molecule has 1 saturated heterocycles. The zero-order valence-corrected chi connectivity index (χ0v) is 24.7. The predicted molar refractivity (Wildman–Crippen MR) is 157 cm³/mol. The SMILES string of the molecule is COP(=O)(O)O[C@H]1CCCN1CCCCOc1ccc2c(Nc3cc(CC(=O)Nc4cccc(F)c4F)[nH]n3)ncnc2c1. The number of nitrogens with zero attached hydrogens (tertiary/aromatic N) is 4. The Balaban J connectivity index is 1.11. The number of rotatable bonds is 14. The molecule has 2 atom stereocenters. The number of carbonyl (C=O) groups is 1. The summed E-state index contributed by atoms with van der Waals surface area (Å²) in [6, 6.07) is 10.6. The largest absolute Gasteiger partial charge is 0.494 e. The van der Waals surface area contributed by atoms with Crippen molar-refractivity contribution in [3.05, 3.63) is 66.1 Å². The Kier molecular flexibility index (Phi) is 10.1. The highest BCUT2D eigenvalue weighted by Crippen LogP contribution is 2.45. The third-order valence-electron chi connectivity index (χ3n) is 6.96. The molecule has 1 amide bonds. The van der Waals surface area contributed by atoms with Crippen molar-refractivity contribution in [3.8, 4) is 5.75 Å². The van der Waals surface area contributed by atoms with Crippen molar-refractivity contribution in [3.63, 3.8) is 0 Å². The molecular weight excluding hydrogens is 599 g/mol. The number of nitrogens with one attached hydrogen (secondary N) is 3. The molecule has 1 aliphatic rings. The monoisotopic (exact) mass is 631 g/mol. The van der Waals surface area contributed by atoms with E-state index in [2.05, 4.69) is 35.3 Å². The van der Waals surface area contributed by atoms with Crippen LogP contribution in [0.1, 0.15) is 31.4 Å². The van der Waals surface area contributed by atoms with Gasteiger partial charge in [-0.2, -0.15) is 5.10 Å². The van der Waals surface area contributed by atoms with Gasteiger partial charge in [-0.3, -0.25) is 23.8 Å². The lowest BCUT2D eigenvalue weighted by Crippen LogP contribution is -2.32. The molecule has 2 aromatic heterocycles. The lowest BCUT2D eigenvalue weighted by Gasteiger charge is -2.25. The highest BCUT2D eigenvalue weighted by Gasteiger charge is 2.32. The number of aromatic amines is 1. The molecule has 1 unspecified atom stereocenters. The van der Waals surface area contributed by atoms with Crippen LogP contribution in [0, 0.1) is 11.6 Å². The number of fused-ring (bicyclic) bond motifs is 1. The Morgan fingerprint density at radius 3 is 2.91 bits per heavy atom. The van der Waals surface area contributed by atoms with Gasteiger partial charge in [0.1, 0.15) is 24.1 Å². The molecule has 0 bridgehead atoms. The molecule has 2 aromatic carbocycles. The minimum Gasteiger partial charge on any atom is -0.494 e. The summed E-state index contributed by atoms with van der Waals surface area (Å²) in [4.78, 5) is 32.6. The van der Waals surface area contributed by atoms with Gasteiger partial charge in [0, 0.05) is 43.4 Å². The second-order valence-electron chi connectivity index (χ2n) is 10.1. The van der Waals surface area contributed by atoms with Gasteiger partial charge >= 0.3 is 7.82 Å². The number of likely N-dealkylation sites (tertiary alicyclic amines) is 1. The quantitative estimate of drug-likeness (QED) is 0.111. The molecule has 0 radical (unpaired) electrons. The van der Waals surface area contributed by atoms with E-state index in [0.717, 1.165) is 44.4 Å². The van der Waals surface area contributed by atoms with E-state index < -0.39 is 31.6 Å². The Morgan fingerprint density at radius 1 is 1.20 bits per heavy atom. The summed E-state index contributed by atoms with van der Waals surface area (Å²) in [7, 11) is -2.88. The first-order chi connectivity index (χ1) is 21.2. The van der Waals surface area contributed by atoms with Crippen molar-refractivity contribution in [2.24, 2.45) is 0 Å². The van der Waals surface area contributed by atoms with Crippen molar-refractivity contribution in [1.29, 1.82) is 0 Å². The summed E-state index contributed by atoms with van der Waals surface area (Å²) < 4.78 is 54.7. The van der Waals surface area contributed by atoms with E-state index in [1.54, 1.807) is 6.07 Å². The molecule has 1 fully saturated rings. The van der Waals surface area contributed by atoms with Crippen LogP contribution in [0.2, 0.25) is 0 Å². The minimum absolute atomic E-state index is 0.138. The second kappa shape index (κ2) is 14.2. The normalized spacial score (nSPS) is 16.6. The predicted octanol–water partition coefficient (Wildman–Crippen LogP) is 4.90. The first-order valence-corrected chi connectivity index (χ1v) is 15.4. The maximum absolute atomic E-state index is 13.8. The number of phosphoric ester groups is 1. The Morgan fingerprint density at radius 2 is 2.07 bits per heavy atom. The number of H-pyrrole nitrogens is 1. The lowest BCUT2D eigenvalue weighted by atomic mass is 10.2. The van der Waals surface area contributed by atoms with Gasteiger partial charge in [0.2, 0.25) is 5.91 Å². The number of anilines is 3. The van der Waals surface area contributed by atoms with Crippen LogP contribution in [0.15, 0.2) is 48.8 Å². The molecule has 16 heteroatoms. The van der Waals surface area contributed by atoms with Crippen molar-refractivity contribution in [2.75, 3.05) is 37.4 Å². The summed E-state index contributed by atoms with van der Waals surface area (Å²) in [6.45, 7) is 1.98. The zero-order valence-electron chi connectivity index (χ0n) is 23.8. The smallest absolute Gasteiger partial charge is 0.473 e. The number of carbonyl (C=O) groups excluding carboxylic acids is 1. The average molecular weight is 632 g/mol. The molecule has 0 aliphatic carbocycles. The van der Waals surface area contributed by atoms with Gasteiger partial charge in [-0.05, 0) is 49.9 Å². The van der Waals surface area contributed by atoms with E-state index in [1.165, 1.54) is 18.5 Å². The number of hydrogen-bond donors (Lipinski definition) is 4. The van der Waals surface area contributed by atoms with E-state index in [0.29, 0.717) is 48.2 Å². The fourth-order valence-electron chi connectivity index (χ4n) is 4.81. The Bertz CT molecular complexity index is 1660. The molecule has 4 N–H and O–H groups in total. The van der Waals surface area contributed by atoms with E-state index >= 15 is 0 Å². The third-order valence-corrected chi connectivity index (χ3v) is 7.93. The van der Waals surface area contributed by atoms with Gasteiger partial charge in [0.15, 0.2) is 17.5 Å². The molecule has 3 heterocycles. The first-order valence-electron chi connectivity index (χ1n) is 13.9. The van der Waals surface area contributed by atoms with Crippen LogP contribution in [0.4, 0.5) is 26.1 Å². The van der Waals surface area contributed by atoms with Crippen LogP contribution in [-0.4, -0.2) is 68.9 Å². The number of hydrogen-bond acceptors (Lipinski definition) is 10. The minimum atomic E-state index is -4.03. The number of unbranched alkanes of at least 4 members (excludes halogenated alkanes) is 1. The van der Waals surface area contributed by atoms with Crippen molar-refractivity contribution < 1.29 is 36.8 Å². The van der Waals surface area contributed by atoms with E-state index in [-0.39, 0.29) is 12.1 Å². The van der Waals surface area contributed by atoms with Crippen LogP contribution in [0.3, 0.4) is 0 Å². The molecule has 1 aliphatic heterocycles. The molecule has 5 rings (SSSR count). The summed E-state index contributed by atoms with van der Waals surface area (Å²) >= 11 is 0. The number of benzene rings is 2. The van der Waals surface area contributed by atoms with E-state index in [4.69, 9.17) is 9.26 Å². The maximum atomic E-state index is 13.8. The van der Waals surface area contributed by atoms with Gasteiger partial charge in [-0.15, -0.1) is 0 Å². The third kappa shape index (κ3) is 8.12. The molecule has 13 nitrogen and oxygen atoms in total. The van der Waals surface area contributed by atoms with E-state index in [1.807, 2.05) is 23.1 Å². The Hall–Kier alpha value is -4.01. The highest BCUT2D eigenvalue weighted by atomic mass is 31.2. The average Bonchev–Trinajstić information content (AvgIpc) is 3.63. The number of halogens is 2. The molecule has 0 saturated carbocycles. The zero-order chi connectivity index (χ0) is 31.1. The number of phosphoric acid groups is 1. The number of aromatic nitrogens is 4. The fourth-order valence-corrected chi connectivity index (χ4v) is 5.44. The number of ether oxygens (including phenoxy) is 1. The standard InChI is InChI=1S/C28H32F2N7O6P/c1-41-44(39,40)43-26-8-5-12-37(26)11-2-3-13-42-19-9-10-20-23(16-19)31-17-32-28(20)34-24-14-18(35-36-24)15-25(38)33-22-7-4-6-21(29)27(22)30/h4,6-7,9-10,14,16-17,26H,2-3,5,8,11-13,15H2,1H3,(H,33,38)(H,39,40)(H2,31,32,34,35,36)/t26-/m0/s1. The van der Waals surface area contributed by atoms with Gasteiger partial charge in [0.05, 0.1) is 24.2 Å². The van der Waals surface area contributed by atoms with Crippen molar-refractivity contribution in [1.82, 2.24) is 25.1 Å². The second-order valence-corrected chi connectivity index (χ2v) is 11.6. The van der Waals surface area contributed by atoms with Gasteiger partial charge in [-0.25, -0.2) is 23.3 Å². The summed E-state index contributed by atoms with van der Waals surface area (Å²) in [5, 5.41) is 13.1. The Labute approximate surface area is 251 Å². The number of amides is 1. The maximum Gasteiger partial charge on any atom is 0.473 e. The summed E-state index contributed by atoms with van der Waals surface area (Å²) in [5.74, 6) is -1.17. The van der Waals surface area contributed by atoms with Gasteiger partial charge in [-0.1, -0.05) is 6.07 Å². The summed E-state index contributed by atoms with van der Waals surface area (Å²) in [5.41, 5.74) is 0.859. The van der Waals surface area contributed by atoms with Crippen molar-refractivity contribution >= 4 is 42.0 Å². The molecular formula is C28H32F2N7O6P. The van der Waals surface area contributed by atoms with E-state index in [9.17, 15) is 23.0 Å². The van der Waals surface area contributed by atoms with Gasteiger partial charge in [0.25, 0.3) is 0 Å². The van der Waals surface area contributed by atoms with Crippen molar-refractivity contribution in [2.45, 2.75) is 38.3 Å². The van der Waals surface area contributed by atoms with Crippen LogP contribution in [0.5, 0.6) is 5.75 Å². The first kappa shape index (κ1) is 31.4. The lowest BCUT2D eigenvalue weighted by molar-refractivity contribution is -0.115. The molecule has 44 heavy (non-hydrogen) atoms. The highest BCUT2D eigenvalue weighted by molar-refractivity contribution is 7.47. The topological polar surface area (TPSA) is 164 Å². The fraction of sp³-hybridized carbons (Fsp3) is 0.357. The summed E-state index contributed by atoms with van der Waals surface area (Å²) in [6.07, 6.45) is 4.00. The van der Waals surface area contributed by atoms with Crippen LogP contribution in [-0.2, 0) is 24.8 Å². The van der Waals surface area contributed by atoms with Crippen LogP contribution < -0.4 is 15.4 Å². The molecule has 4 aromatic rings. The van der Waals surface area contributed by atoms with Gasteiger partial charge < -0.3 is 20.3 Å².